The van der Waals surface area contributed by atoms with Gasteiger partial charge in [-0.25, -0.2) is 4.98 Å². The molecule has 1 fully saturated rings. The van der Waals surface area contributed by atoms with Crippen LogP contribution in [0.15, 0.2) is 46.3 Å². The van der Waals surface area contributed by atoms with Crippen LogP contribution < -0.4 is 11.3 Å². The summed E-state index contributed by atoms with van der Waals surface area (Å²) < 4.78 is 6.86. The quantitative estimate of drug-likeness (QED) is 0.624. The molecule has 1 unspecified atom stereocenters. The number of aliphatic hydroxyl groups excluding tert-OH is 2. The zero-order chi connectivity index (χ0) is 23.3. The maximum absolute atomic E-state index is 11.8. The molecule has 1 atom stereocenters. The van der Waals surface area contributed by atoms with Gasteiger partial charge in [-0.3, -0.25) is 4.79 Å². The van der Waals surface area contributed by atoms with Crippen molar-refractivity contribution in [2.75, 3.05) is 12.3 Å². The van der Waals surface area contributed by atoms with Crippen LogP contribution in [0.4, 0.5) is 5.95 Å². The molecule has 0 radical (unpaired) electrons. The molecule has 1 aliphatic rings. The van der Waals surface area contributed by atoms with Gasteiger partial charge in [0.25, 0.3) is 5.56 Å². The minimum Gasteiger partial charge on any atom is -0.397 e. The molecule has 0 amide bonds. The minimum absolute atomic E-state index is 0.0224. The zero-order valence-corrected chi connectivity index (χ0v) is 18.8. The van der Waals surface area contributed by atoms with Gasteiger partial charge in [-0.05, 0) is 33.6 Å². The Morgan fingerprint density at radius 3 is 2.29 bits per heavy atom. The first-order valence-electron chi connectivity index (χ1n) is 10.6. The molecular formula is C23H36N4O4. The molecule has 2 aromatic rings. The van der Waals surface area contributed by atoms with Gasteiger partial charge < -0.3 is 20.7 Å². The number of nitrogens with zero attached hydrogens (tertiary/aromatic N) is 3. The van der Waals surface area contributed by atoms with E-state index in [9.17, 15) is 9.90 Å². The molecule has 1 saturated carbocycles. The lowest BCUT2D eigenvalue weighted by atomic mass is 9.81. The molecule has 172 valence electrons. The number of rotatable bonds is 5. The molecule has 3 rings (SSSR count). The van der Waals surface area contributed by atoms with Crippen molar-refractivity contribution < 1.29 is 14.9 Å². The van der Waals surface area contributed by atoms with E-state index in [4.69, 9.17) is 15.6 Å². The van der Waals surface area contributed by atoms with Gasteiger partial charge in [0, 0.05) is 19.4 Å². The van der Waals surface area contributed by atoms with Gasteiger partial charge in [0.2, 0.25) is 5.95 Å². The fourth-order valence-corrected chi connectivity index (χ4v) is 3.34. The summed E-state index contributed by atoms with van der Waals surface area (Å²) in [6.07, 6.45) is 4.27. The van der Waals surface area contributed by atoms with E-state index in [2.05, 4.69) is 35.9 Å². The van der Waals surface area contributed by atoms with Crippen LogP contribution in [0.1, 0.15) is 57.2 Å². The number of hydrogen-bond donors (Lipinski definition) is 3. The van der Waals surface area contributed by atoms with Crippen LogP contribution in [0.2, 0.25) is 0 Å². The minimum atomic E-state index is -0.564. The van der Waals surface area contributed by atoms with Crippen molar-refractivity contribution in [3.8, 4) is 0 Å². The number of nitrogens with two attached hydrogens (primary N) is 1. The Morgan fingerprint density at radius 2 is 1.87 bits per heavy atom. The predicted octanol–water partition coefficient (Wildman–Crippen LogP) is 2.88. The summed E-state index contributed by atoms with van der Waals surface area (Å²) in [5, 5.41) is 21.1. The summed E-state index contributed by atoms with van der Waals surface area (Å²) in [4.78, 5) is 15.8. The smallest absolute Gasteiger partial charge is 0.275 e. The Kier molecular flexibility index (Phi) is 11.7. The second kappa shape index (κ2) is 13.7. The van der Waals surface area contributed by atoms with Crippen LogP contribution in [-0.4, -0.2) is 44.9 Å². The number of aryl methyl sites for hydroxylation is 1. The van der Waals surface area contributed by atoms with Crippen LogP contribution in [0.5, 0.6) is 0 Å². The molecule has 8 nitrogen and oxygen atoms in total. The highest BCUT2D eigenvalue weighted by Crippen LogP contribution is 2.35. The van der Waals surface area contributed by atoms with E-state index >= 15 is 0 Å². The van der Waals surface area contributed by atoms with Crippen LogP contribution in [0, 0.1) is 6.92 Å². The largest absolute Gasteiger partial charge is 0.397 e. The summed E-state index contributed by atoms with van der Waals surface area (Å²) in [5.74, 6) is -0.0224. The van der Waals surface area contributed by atoms with E-state index in [1.165, 1.54) is 11.6 Å². The highest BCUT2D eigenvalue weighted by Gasteiger charge is 2.37. The maximum Gasteiger partial charge on any atom is 0.275 e. The summed E-state index contributed by atoms with van der Waals surface area (Å²) in [5.41, 5.74) is 6.45. The predicted molar refractivity (Wildman–Crippen MR) is 124 cm³/mol. The Labute approximate surface area is 184 Å². The van der Waals surface area contributed by atoms with E-state index in [0.717, 1.165) is 36.8 Å². The van der Waals surface area contributed by atoms with Crippen molar-refractivity contribution in [3.05, 3.63) is 58.0 Å². The molecule has 1 aromatic heterocycles. The normalized spacial score (nSPS) is 15.5. The Bertz CT molecular complexity index is 831. The van der Waals surface area contributed by atoms with Crippen molar-refractivity contribution in [3.63, 3.8) is 0 Å². The van der Waals surface area contributed by atoms with Crippen LogP contribution >= 0.6 is 0 Å². The highest BCUT2D eigenvalue weighted by atomic mass is 16.5. The summed E-state index contributed by atoms with van der Waals surface area (Å²) in [6, 6.07) is 11.6. The molecule has 0 spiro atoms. The van der Waals surface area contributed by atoms with E-state index in [0.29, 0.717) is 5.69 Å². The van der Waals surface area contributed by atoms with Gasteiger partial charge in [0.05, 0.1) is 24.0 Å². The molecule has 1 aliphatic carbocycles. The molecule has 0 saturated heterocycles. The number of aliphatic hydroxyl groups is 2. The van der Waals surface area contributed by atoms with Gasteiger partial charge in [-0.2, -0.15) is 9.78 Å². The molecule has 1 heterocycles. The average Bonchev–Trinajstić information content (AvgIpc) is 2.74. The number of hydrogen-bond acceptors (Lipinski definition) is 7. The molecule has 4 N–H and O–H groups in total. The lowest BCUT2D eigenvalue weighted by Crippen LogP contribution is -2.45. The lowest BCUT2D eigenvalue weighted by Gasteiger charge is -2.39. The van der Waals surface area contributed by atoms with Gasteiger partial charge in [0.1, 0.15) is 0 Å². The van der Waals surface area contributed by atoms with Gasteiger partial charge in [-0.15, -0.1) is 0 Å². The molecule has 0 bridgehead atoms. The van der Waals surface area contributed by atoms with E-state index in [1.54, 1.807) is 13.8 Å². The third-order valence-corrected chi connectivity index (χ3v) is 5.02. The molecule has 8 heteroatoms. The fraction of sp³-hybridized carbons (Fsp3) is 0.522. The lowest BCUT2D eigenvalue weighted by molar-refractivity contribution is -0.145. The number of anilines is 1. The number of aromatic nitrogens is 2. The first-order chi connectivity index (χ1) is 14.8. The van der Waals surface area contributed by atoms with Crippen molar-refractivity contribution in [2.24, 2.45) is 5.10 Å². The van der Waals surface area contributed by atoms with Crippen molar-refractivity contribution in [1.29, 1.82) is 0 Å². The van der Waals surface area contributed by atoms with E-state index in [1.807, 2.05) is 18.2 Å². The highest BCUT2D eigenvalue weighted by molar-refractivity contribution is 5.27. The summed E-state index contributed by atoms with van der Waals surface area (Å²) in [7, 11) is 0. The van der Waals surface area contributed by atoms with Gasteiger partial charge in [-0.1, -0.05) is 55.2 Å². The standard InChI is InChI=1S/C14H22N4O3.C7H8.C2H6O/c1-10(19)14(6-4-3-5-7-14)21-9-11-8-12(20)18(16-2)13(15)17-11;1-7-5-3-2-4-6-7;1-2-3/h8,10,19H,2-7,9H2,1H3,(H2,15,17);2-6H,1H3;3H,2H2,1H3. The average molecular weight is 433 g/mol. The molecule has 0 aliphatic heterocycles. The molecule has 31 heavy (non-hydrogen) atoms. The van der Waals surface area contributed by atoms with Crippen molar-refractivity contribution >= 4 is 12.7 Å². The van der Waals surface area contributed by atoms with Gasteiger partial charge >= 0.3 is 0 Å². The van der Waals surface area contributed by atoms with E-state index in [-0.39, 0.29) is 19.2 Å². The number of nitrogen functional groups attached to an aromatic ring is 1. The summed E-state index contributed by atoms with van der Waals surface area (Å²) in [6.45, 7) is 9.16. The zero-order valence-electron chi connectivity index (χ0n) is 18.8. The number of ether oxygens (including phenoxy) is 1. The van der Waals surface area contributed by atoms with Crippen LogP contribution in [0.25, 0.3) is 0 Å². The van der Waals surface area contributed by atoms with E-state index < -0.39 is 17.3 Å². The first-order valence-corrected chi connectivity index (χ1v) is 10.6. The first kappa shape index (κ1) is 26.5. The third kappa shape index (κ3) is 8.61. The fourth-order valence-electron chi connectivity index (χ4n) is 3.34. The maximum atomic E-state index is 11.8. The number of benzene rings is 1. The van der Waals surface area contributed by atoms with Gasteiger partial charge in [0.15, 0.2) is 0 Å². The SMILES string of the molecule is C=Nn1c(N)nc(COC2(C(C)O)CCCCC2)cc1=O.CCO.Cc1ccccc1. The second-order valence-electron chi connectivity index (χ2n) is 7.46. The second-order valence-corrected chi connectivity index (χ2v) is 7.46. The topological polar surface area (TPSA) is 123 Å². The summed E-state index contributed by atoms with van der Waals surface area (Å²) >= 11 is 0. The van der Waals surface area contributed by atoms with Crippen LogP contribution in [0.3, 0.4) is 0 Å². The third-order valence-electron chi connectivity index (χ3n) is 5.02. The molecule has 1 aromatic carbocycles. The Hall–Kier alpha value is -2.55. The Morgan fingerprint density at radius 1 is 1.29 bits per heavy atom. The van der Waals surface area contributed by atoms with Crippen LogP contribution in [-0.2, 0) is 11.3 Å². The monoisotopic (exact) mass is 432 g/mol. The Balaban J connectivity index is 0.000000397. The van der Waals surface area contributed by atoms with Crippen molar-refractivity contribution in [2.45, 2.75) is 71.2 Å². The molecular weight excluding hydrogens is 396 g/mol. The van der Waals surface area contributed by atoms with Crippen molar-refractivity contribution in [1.82, 2.24) is 9.66 Å².